The van der Waals surface area contributed by atoms with E-state index >= 15 is 0 Å². The average Bonchev–Trinajstić information content (AvgIpc) is 2.22. The van der Waals surface area contributed by atoms with E-state index < -0.39 is 0 Å². The van der Waals surface area contributed by atoms with Crippen LogP contribution in [-0.4, -0.2) is 18.6 Å². The van der Waals surface area contributed by atoms with Crippen LogP contribution < -0.4 is 5.32 Å². The van der Waals surface area contributed by atoms with E-state index in [1.807, 2.05) is 13.2 Å². The van der Waals surface area contributed by atoms with Crippen LogP contribution in [0.2, 0.25) is 0 Å². The summed E-state index contributed by atoms with van der Waals surface area (Å²) >= 11 is 3.40. The van der Waals surface area contributed by atoms with Crippen LogP contribution in [0.3, 0.4) is 0 Å². The first-order valence-corrected chi connectivity index (χ1v) is 6.14. The lowest BCUT2D eigenvalue weighted by atomic mass is 9.82. The van der Waals surface area contributed by atoms with Gasteiger partial charge in [-0.15, -0.1) is 0 Å². The normalized spacial score (nSPS) is 14.9. The van der Waals surface area contributed by atoms with Gasteiger partial charge in [-0.3, -0.25) is 4.98 Å². The van der Waals surface area contributed by atoms with Gasteiger partial charge in [0.05, 0.1) is 0 Å². The molecule has 1 rings (SSSR count). The van der Waals surface area contributed by atoms with Crippen molar-refractivity contribution in [3.8, 4) is 0 Å². The molecule has 0 fully saturated rings. The number of nitrogens with one attached hydrogen (secondary N) is 1. The van der Waals surface area contributed by atoms with E-state index in [2.05, 4.69) is 52.2 Å². The van der Waals surface area contributed by atoms with Gasteiger partial charge in [0.1, 0.15) is 0 Å². The third kappa shape index (κ3) is 3.92. The van der Waals surface area contributed by atoms with E-state index in [0.717, 1.165) is 29.6 Å². The maximum Gasteiger partial charge on any atom is 0.0413 e. The molecule has 1 aromatic heterocycles. The van der Waals surface area contributed by atoms with Gasteiger partial charge in [0.2, 0.25) is 0 Å². The molecule has 1 N–H and O–H groups in total. The molecule has 2 nitrogen and oxygen atoms in total. The van der Waals surface area contributed by atoms with Crippen LogP contribution in [0.15, 0.2) is 22.8 Å². The molecule has 0 amide bonds. The average molecular weight is 271 g/mol. The van der Waals surface area contributed by atoms with Gasteiger partial charge in [-0.05, 0) is 53.4 Å². The van der Waals surface area contributed by atoms with E-state index in [9.17, 15) is 0 Å². The second-order valence-electron chi connectivity index (χ2n) is 4.34. The lowest BCUT2D eigenvalue weighted by Crippen LogP contribution is -2.31. The standard InChI is InChI=1S/C12H19BrN2/c1-4-12(2,9-14-3)7-11-6-5-10(13)8-15-11/h5-6,8,14H,4,7,9H2,1-3H3. The topological polar surface area (TPSA) is 24.9 Å². The lowest BCUT2D eigenvalue weighted by molar-refractivity contribution is 0.296. The number of pyridine rings is 1. The highest BCUT2D eigenvalue weighted by Gasteiger charge is 2.22. The molecular formula is C12H19BrN2. The third-order valence-electron chi connectivity index (χ3n) is 2.85. The Morgan fingerprint density at radius 2 is 2.20 bits per heavy atom. The molecule has 0 saturated carbocycles. The predicted molar refractivity (Wildman–Crippen MR) is 68.0 cm³/mol. The molecular weight excluding hydrogens is 252 g/mol. The number of aromatic nitrogens is 1. The Hall–Kier alpha value is -0.410. The van der Waals surface area contributed by atoms with Gasteiger partial charge in [-0.2, -0.15) is 0 Å². The highest BCUT2D eigenvalue weighted by atomic mass is 79.9. The Balaban J connectivity index is 2.70. The van der Waals surface area contributed by atoms with Gasteiger partial charge in [-0.1, -0.05) is 13.8 Å². The Kier molecular flexibility index (Phi) is 4.74. The first kappa shape index (κ1) is 12.7. The Bertz CT molecular complexity index is 297. The number of hydrogen-bond acceptors (Lipinski definition) is 2. The molecule has 0 aromatic carbocycles. The molecule has 1 heterocycles. The molecule has 15 heavy (non-hydrogen) atoms. The summed E-state index contributed by atoms with van der Waals surface area (Å²) in [5.41, 5.74) is 1.47. The summed E-state index contributed by atoms with van der Waals surface area (Å²) < 4.78 is 1.04. The van der Waals surface area contributed by atoms with Crippen LogP contribution in [0, 0.1) is 5.41 Å². The summed E-state index contributed by atoms with van der Waals surface area (Å²) in [6, 6.07) is 4.14. The molecule has 0 aliphatic rings. The summed E-state index contributed by atoms with van der Waals surface area (Å²) in [4.78, 5) is 4.42. The van der Waals surface area contributed by atoms with E-state index in [4.69, 9.17) is 0 Å². The van der Waals surface area contributed by atoms with Crippen molar-refractivity contribution in [2.24, 2.45) is 5.41 Å². The fourth-order valence-electron chi connectivity index (χ4n) is 1.69. The van der Waals surface area contributed by atoms with Crippen molar-refractivity contribution in [2.75, 3.05) is 13.6 Å². The summed E-state index contributed by atoms with van der Waals surface area (Å²) in [5.74, 6) is 0. The second kappa shape index (κ2) is 5.61. The monoisotopic (exact) mass is 270 g/mol. The zero-order valence-electron chi connectivity index (χ0n) is 9.68. The summed E-state index contributed by atoms with van der Waals surface area (Å²) in [6.07, 6.45) is 4.05. The number of nitrogens with zero attached hydrogens (tertiary/aromatic N) is 1. The molecule has 84 valence electrons. The van der Waals surface area contributed by atoms with Gasteiger partial charge in [0.25, 0.3) is 0 Å². The minimum Gasteiger partial charge on any atom is -0.319 e. The van der Waals surface area contributed by atoms with Crippen molar-refractivity contribution < 1.29 is 0 Å². The molecule has 1 unspecified atom stereocenters. The second-order valence-corrected chi connectivity index (χ2v) is 5.25. The lowest BCUT2D eigenvalue weighted by Gasteiger charge is -2.27. The summed E-state index contributed by atoms with van der Waals surface area (Å²) in [6.45, 7) is 5.56. The first-order valence-electron chi connectivity index (χ1n) is 5.35. The van der Waals surface area contributed by atoms with Gasteiger partial charge < -0.3 is 5.32 Å². The Labute approximate surface area is 101 Å². The van der Waals surface area contributed by atoms with Crippen LogP contribution in [0.4, 0.5) is 0 Å². The van der Waals surface area contributed by atoms with E-state index in [1.54, 1.807) is 0 Å². The zero-order valence-corrected chi connectivity index (χ0v) is 11.3. The minimum atomic E-state index is 0.301. The number of hydrogen-bond donors (Lipinski definition) is 1. The van der Waals surface area contributed by atoms with Crippen LogP contribution in [0.1, 0.15) is 26.0 Å². The molecule has 0 spiro atoms. The quantitative estimate of drug-likeness (QED) is 0.890. The van der Waals surface area contributed by atoms with Gasteiger partial charge >= 0.3 is 0 Å². The summed E-state index contributed by atoms with van der Waals surface area (Å²) in [5, 5.41) is 3.25. The van der Waals surface area contributed by atoms with Gasteiger partial charge in [0, 0.05) is 22.9 Å². The molecule has 3 heteroatoms. The van der Waals surface area contributed by atoms with Crippen molar-refractivity contribution in [2.45, 2.75) is 26.7 Å². The van der Waals surface area contributed by atoms with Crippen molar-refractivity contribution in [1.82, 2.24) is 10.3 Å². The summed E-state index contributed by atoms with van der Waals surface area (Å²) in [7, 11) is 2.00. The Morgan fingerprint density at radius 3 is 2.67 bits per heavy atom. The fraction of sp³-hybridized carbons (Fsp3) is 0.583. The predicted octanol–water partition coefficient (Wildman–Crippen LogP) is 3.02. The Morgan fingerprint density at radius 1 is 1.47 bits per heavy atom. The van der Waals surface area contributed by atoms with Crippen molar-refractivity contribution in [1.29, 1.82) is 0 Å². The molecule has 1 aromatic rings. The third-order valence-corrected chi connectivity index (χ3v) is 3.32. The zero-order chi connectivity index (χ0) is 11.3. The number of rotatable bonds is 5. The van der Waals surface area contributed by atoms with E-state index in [1.165, 1.54) is 0 Å². The fourth-order valence-corrected chi connectivity index (χ4v) is 1.92. The highest BCUT2D eigenvalue weighted by Crippen LogP contribution is 2.25. The van der Waals surface area contributed by atoms with E-state index in [0.29, 0.717) is 5.41 Å². The largest absolute Gasteiger partial charge is 0.319 e. The molecule has 1 atom stereocenters. The molecule has 0 saturated heterocycles. The first-order chi connectivity index (χ1) is 7.09. The molecule has 0 radical (unpaired) electrons. The van der Waals surface area contributed by atoms with Crippen LogP contribution in [-0.2, 0) is 6.42 Å². The highest BCUT2D eigenvalue weighted by molar-refractivity contribution is 9.10. The molecule has 0 bridgehead atoms. The van der Waals surface area contributed by atoms with Crippen LogP contribution in [0.5, 0.6) is 0 Å². The van der Waals surface area contributed by atoms with Crippen LogP contribution in [0.25, 0.3) is 0 Å². The van der Waals surface area contributed by atoms with Gasteiger partial charge in [0.15, 0.2) is 0 Å². The van der Waals surface area contributed by atoms with Crippen molar-refractivity contribution in [3.05, 3.63) is 28.5 Å². The molecule has 0 aliphatic heterocycles. The minimum absolute atomic E-state index is 0.301. The van der Waals surface area contributed by atoms with Crippen molar-refractivity contribution in [3.63, 3.8) is 0 Å². The van der Waals surface area contributed by atoms with Gasteiger partial charge in [-0.25, -0.2) is 0 Å². The van der Waals surface area contributed by atoms with E-state index in [-0.39, 0.29) is 0 Å². The van der Waals surface area contributed by atoms with Crippen molar-refractivity contribution >= 4 is 15.9 Å². The number of halogens is 1. The maximum absolute atomic E-state index is 4.42. The van der Waals surface area contributed by atoms with Crippen LogP contribution >= 0.6 is 15.9 Å². The maximum atomic E-state index is 4.42. The smallest absolute Gasteiger partial charge is 0.0413 e. The molecule has 0 aliphatic carbocycles. The SMILES string of the molecule is CCC(C)(CNC)Cc1ccc(Br)cn1.